The molecular weight excluding hydrogens is 279 g/mol. The van der Waals surface area contributed by atoms with Crippen LogP contribution in [0.1, 0.15) is 61.0 Å². The molecule has 0 heterocycles. The van der Waals surface area contributed by atoms with Gasteiger partial charge in [-0.1, -0.05) is 79.5 Å². The van der Waals surface area contributed by atoms with Gasteiger partial charge in [-0.2, -0.15) is 0 Å². The number of benzene rings is 1. The van der Waals surface area contributed by atoms with Crippen molar-refractivity contribution in [2.45, 2.75) is 79.6 Å². The van der Waals surface area contributed by atoms with Gasteiger partial charge in [-0.25, -0.2) is 0 Å². The first kappa shape index (κ1) is 19.8. The fourth-order valence-electron chi connectivity index (χ4n) is 3.29. The van der Waals surface area contributed by atoms with E-state index in [2.05, 4.69) is 88.9 Å². The second-order valence-electron chi connectivity index (χ2n) is 7.28. The molecule has 0 unspecified atom stereocenters. The molecule has 0 bridgehead atoms. The Morgan fingerprint density at radius 3 is 1.43 bits per heavy atom. The quantitative estimate of drug-likeness (QED) is 0.571. The van der Waals surface area contributed by atoms with Crippen LogP contribution >= 0.6 is 0 Å². The molecule has 126 valence electrons. The lowest BCUT2D eigenvalue weighted by atomic mass is 9.68. The lowest BCUT2D eigenvalue weighted by Gasteiger charge is -2.42. The Balaban J connectivity index is 3.27. The maximum absolute atomic E-state index is 3.56. The maximum Gasteiger partial charge on any atom is 0.401 e. The molecule has 1 aromatic carbocycles. The van der Waals surface area contributed by atoms with Crippen molar-refractivity contribution in [1.82, 2.24) is 9.62 Å². The first-order valence-electron chi connectivity index (χ1n) is 8.87. The van der Waals surface area contributed by atoms with Crippen LogP contribution in [0.4, 0.5) is 0 Å². The zero-order valence-electron chi connectivity index (χ0n) is 16.2. The van der Waals surface area contributed by atoms with E-state index in [-0.39, 0.29) is 6.98 Å². The van der Waals surface area contributed by atoms with E-state index in [0.717, 1.165) is 5.56 Å². The average Bonchev–Trinajstić information content (AvgIpc) is 2.44. The summed E-state index contributed by atoms with van der Waals surface area (Å²) in [6.07, 6.45) is 0. The van der Waals surface area contributed by atoms with Gasteiger partial charge >= 0.3 is 6.98 Å². The van der Waals surface area contributed by atoms with E-state index in [1.54, 1.807) is 0 Å². The lowest BCUT2D eigenvalue weighted by molar-refractivity contribution is 0.229. The molecule has 23 heavy (non-hydrogen) atoms. The van der Waals surface area contributed by atoms with E-state index >= 15 is 0 Å². The zero-order valence-corrected chi connectivity index (χ0v) is 16.2. The molecule has 0 atom stereocenters. The van der Waals surface area contributed by atoms with Crippen molar-refractivity contribution in [3.8, 4) is 11.7 Å². The lowest BCUT2D eigenvalue weighted by Crippen LogP contribution is -2.61. The van der Waals surface area contributed by atoms with Gasteiger partial charge in [0, 0.05) is 5.56 Å². The first-order chi connectivity index (χ1) is 10.8. The Morgan fingerprint density at radius 1 is 0.696 bits per heavy atom. The Labute approximate surface area is 144 Å². The van der Waals surface area contributed by atoms with Crippen LogP contribution < -0.4 is 0 Å². The third-order valence-electron chi connectivity index (χ3n) is 4.07. The highest BCUT2D eigenvalue weighted by Gasteiger charge is 2.35. The Bertz CT molecular complexity index is 475. The fraction of sp³-hybridized carbons (Fsp3) is 0.600. The van der Waals surface area contributed by atoms with Gasteiger partial charge in [-0.05, 0) is 36.3 Å². The Kier molecular flexibility index (Phi) is 7.89. The van der Waals surface area contributed by atoms with Crippen molar-refractivity contribution < 1.29 is 0 Å². The molecule has 0 aromatic heterocycles. The van der Waals surface area contributed by atoms with Gasteiger partial charge in [-0.15, -0.1) is 5.82 Å². The monoisotopic (exact) mass is 312 g/mol. The van der Waals surface area contributed by atoms with Crippen LogP contribution in [-0.2, 0) is 0 Å². The molecule has 0 N–H and O–H groups in total. The summed E-state index contributed by atoms with van der Waals surface area (Å²) in [5.41, 5.74) is 1.08. The summed E-state index contributed by atoms with van der Waals surface area (Å²) in [6.45, 7) is 18.2. The minimum Gasteiger partial charge on any atom is -0.313 e. The van der Waals surface area contributed by atoms with Crippen LogP contribution in [0.25, 0.3) is 0 Å². The molecule has 0 aliphatic heterocycles. The summed E-state index contributed by atoms with van der Waals surface area (Å²) in [5.74, 6) is 6.96. The third kappa shape index (κ3) is 5.72. The van der Waals surface area contributed by atoms with Crippen LogP contribution in [0.2, 0.25) is 0 Å². The topological polar surface area (TPSA) is 6.48 Å². The van der Waals surface area contributed by atoms with Crippen LogP contribution in [0.3, 0.4) is 0 Å². The largest absolute Gasteiger partial charge is 0.401 e. The molecule has 0 aliphatic carbocycles. The molecule has 1 aromatic rings. The van der Waals surface area contributed by atoms with Gasteiger partial charge in [0.25, 0.3) is 0 Å². The first-order valence-corrected chi connectivity index (χ1v) is 8.87. The fourth-order valence-corrected chi connectivity index (χ4v) is 3.29. The maximum atomic E-state index is 3.56. The van der Waals surface area contributed by atoms with E-state index < -0.39 is 0 Å². The Morgan fingerprint density at radius 2 is 1.09 bits per heavy atom. The Hall–Kier alpha value is -1.24. The second-order valence-corrected chi connectivity index (χ2v) is 7.28. The molecule has 0 spiro atoms. The molecular formula is C20H33BN2. The highest BCUT2D eigenvalue weighted by atomic mass is 15.3. The van der Waals surface area contributed by atoms with Crippen LogP contribution in [0.5, 0.6) is 0 Å². The summed E-state index contributed by atoms with van der Waals surface area (Å²) < 4.78 is 0. The van der Waals surface area contributed by atoms with E-state index in [4.69, 9.17) is 0 Å². The second kappa shape index (κ2) is 9.16. The standard InChI is InChI=1S/C20H33BN2/c1-16(2)22(17(3)4)21(23(18(5)6)19(7)8)15-14-20-12-10-9-11-13-20/h9-13,16-19H,1-8H3. The smallest absolute Gasteiger partial charge is 0.313 e. The number of hydrogen-bond acceptors (Lipinski definition) is 2. The van der Waals surface area contributed by atoms with E-state index in [0.29, 0.717) is 24.2 Å². The number of hydrogen-bond donors (Lipinski definition) is 0. The van der Waals surface area contributed by atoms with Crippen LogP contribution in [0.15, 0.2) is 30.3 Å². The molecule has 0 radical (unpaired) electrons. The molecule has 1 rings (SSSR count). The summed E-state index contributed by atoms with van der Waals surface area (Å²) >= 11 is 0. The minimum atomic E-state index is 0.121. The summed E-state index contributed by atoms with van der Waals surface area (Å²) in [6, 6.07) is 12.1. The van der Waals surface area contributed by atoms with Crippen molar-refractivity contribution >= 4 is 6.98 Å². The molecule has 0 aliphatic rings. The SMILES string of the molecule is CC(C)N(B(C#Cc1ccccc1)N(C(C)C)C(C)C)C(C)C. The highest BCUT2D eigenvalue weighted by Crippen LogP contribution is 2.16. The van der Waals surface area contributed by atoms with Gasteiger partial charge in [-0.3, -0.25) is 0 Å². The average molecular weight is 312 g/mol. The van der Waals surface area contributed by atoms with Crippen molar-refractivity contribution in [1.29, 1.82) is 0 Å². The predicted molar refractivity (Wildman–Crippen MR) is 103 cm³/mol. The zero-order chi connectivity index (χ0) is 17.6. The molecule has 0 amide bonds. The summed E-state index contributed by atoms with van der Waals surface area (Å²) in [4.78, 5) is 5.02. The number of rotatable bonds is 6. The number of nitrogens with zero attached hydrogens (tertiary/aromatic N) is 2. The van der Waals surface area contributed by atoms with Gasteiger partial charge in [0.05, 0.1) is 0 Å². The van der Waals surface area contributed by atoms with Crippen molar-refractivity contribution in [3.63, 3.8) is 0 Å². The summed E-state index contributed by atoms with van der Waals surface area (Å²) in [5, 5.41) is 0. The van der Waals surface area contributed by atoms with Crippen LogP contribution in [-0.4, -0.2) is 40.8 Å². The highest BCUT2D eigenvalue weighted by molar-refractivity contribution is 6.62. The molecule has 0 fully saturated rings. The molecule has 0 saturated heterocycles. The van der Waals surface area contributed by atoms with E-state index in [1.165, 1.54) is 0 Å². The molecule has 3 heteroatoms. The van der Waals surface area contributed by atoms with Gasteiger partial charge in [0.2, 0.25) is 0 Å². The van der Waals surface area contributed by atoms with E-state index in [1.807, 2.05) is 18.2 Å². The van der Waals surface area contributed by atoms with E-state index in [9.17, 15) is 0 Å². The van der Waals surface area contributed by atoms with Gasteiger partial charge in [0.1, 0.15) is 0 Å². The van der Waals surface area contributed by atoms with Crippen molar-refractivity contribution in [3.05, 3.63) is 35.9 Å². The normalized spacial score (nSPS) is 11.7. The van der Waals surface area contributed by atoms with Crippen LogP contribution in [0, 0.1) is 11.7 Å². The van der Waals surface area contributed by atoms with Gasteiger partial charge < -0.3 is 9.62 Å². The minimum absolute atomic E-state index is 0.121. The van der Waals surface area contributed by atoms with Crippen molar-refractivity contribution in [2.24, 2.45) is 0 Å². The predicted octanol–water partition coefficient (Wildman–Crippen LogP) is 4.30. The van der Waals surface area contributed by atoms with Gasteiger partial charge in [0.15, 0.2) is 0 Å². The molecule has 2 nitrogen and oxygen atoms in total. The third-order valence-corrected chi connectivity index (χ3v) is 4.07. The molecule has 0 saturated carbocycles. The van der Waals surface area contributed by atoms with Crippen molar-refractivity contribution in [2.75, 3.05) is 0 Å². The summed E-state index contributed by atoms with van der Waals surface area (Å²) in [7, 11) is 0.